The molecule has 0 spiro atoms. The van der Waals surface area contributed by atoms with E-state index >= 15 is 8.78 Å². The van der Waals surface area contributed by atoms with E-state index in [0.717, 1.165) is 18.9 Å². The molecule has 12 heteroatoms. The van der Waals surface area contributed by atoms with Crippen molar-refractivity contribution < 1.29 is 17.6 Å². The number of hydrogen-bond donors (Lipinski definition) is 1. The van der Waals surface area contributed by atoms with E-state index in [1.807, 2.05) is 18.7 Å². The van der Waals surface area contributed by atoms with Crippen LogP contribution in [0.2, 0.25) is 5.02 Å². The van der Waals surface area contributed by atoms with Gasteiger partial charge in [0.05, 0.1) is 28.0 Å². The Balaban J connectivity index is 1.93. The third-order valence-corrected chi connectivity index (χ3v) is 7.59. The van der Waals surface area contributed by atoms with E-state index in [1.165, 1.54) is 4.57 Å². The van der Waals surface area contributed by atoms with Crippen molar-refractivity contribution in [1.82, 2.24) is 19.5 Å². The van der Waals surface area contributed by atoms with Crippen molar-refractivity contribution in [3.63, 3.8) is 0 Å². The van der Waals surface area contributed by atoms with E-state index in [4.69, 9.17) is 17.3 Å². The molecule has 40 heavy (non-hydrogen) atoms. The van der Waals surface area contributed by atoms with Gasteiger partial charge in [-0.05, 0) is 49.3 Å². The first kappa shape index (κ1) is 27.8. The zero-order chi connectivity index (χ0) is 29.0. The lowest BCUT2D eigenvalue weighted by Crippen LogP contribution is -2.37. The van der Waals surface area contributed by atoms with Crippen molar-refractivity contribution in [3.05, 3.63) is 68.4 Å². The third kappa shape index (κ3) is 4.46. The zero-order valence-corrected chi connectivity index (χ0v) is 23.1. The molecule has 0 unspecified atom stereocenters. The van der Waals surface area contributed by atoms with Gasteiger partial charge in [-0.25, -0.2) is 31.9 Å². The fourth-order valence-electron chi connectivity index (χ4n) is 5.27. The quantitative estimate of drug-likeness (QED) is 0.133. The number of rotatable bonds is 4. The minimum Gasteiger partial charge on any atom is -0.397 e. The molecule has 210 valence electrons. The average Bonchev–Trinajstić information content (AvgIpc) is 2.91. The highest BCUT2D eigenvalue weighted by Crippen LogP contribution is 2.40. The largest absolute Gasteiger partial charge is 0.397 e. The maximum absolute atomic E-state index is 15.8. The van der Waals surface area contributed by atoms with Gasteiger partial charge in [-0.3, -0.25) is 4.98 Å². The third-order valence-electron chi connectivity index (χ3n) is 7.22. The number of halogens is 5. The van der Waals surface area contributed by atoms with Gasteiger partial charge in [-0.2, -0.15) is 4.98 Å². The lowest BCUT2D eigenvalue weighted by Gasteiger charge is -2.32. The van der Waals surface area contributed by atoms with Crippen LogP contribution in [-0.4, -0.2) is 32.6 Å². The van der Waals surface area contributed by atoms with Crippen LogP contribution >= 0.6 is 11.6 Å². The number of nitrogens with zero attached hydrogens (tertiary/aromatic N) is 5. The van der Waals surface area contributed by atoms with Crippen molar-refractivity contribution in [2.24, 2.45) is 5.92 Å². The molecule has 3 aromatic heterocycles. The molecule has 1 aliphatic heterocycles. The second-order valence-corrected chi connectivity index (χ2v) is 10.9. The van der Waals surface area contributed by atoms with Gasteiger partial charge in [0.15, 0.2) is 28.9 Å². The van der Waals surface area contributed by atoms with Crippen LogP contribution in [0.4, 0.5) is 29.1 Å². The molecule has 2 N–H and O–H groups in total. The monoisotopic (exact) mass is 574 g/mol. The van der Waals surface area contributed by atoms with E-state index in [-0.39, 0.29) is 22.8 Å². The fourth-order valence-corrected chi connectivity index (χ4v) is 5.45. The molecule has 0 radical (unpaired) electrons. The Bertz CT molecular complexity index is 1700. The lowest BCUT2D eigenvalue weighted by molar-refractivity contribution is 0.445. The predicted octanol–water partition coefficient (Wildman–Crippen LogP) is 6.30. The molecular formula is C28H27ClF4N6O. The van der Waals surface area contributed by atoms with Crippen molar-refractivity contribution in [1.29, 1.82) is 0 Å². The standard InChI is InChI=1S/C28H27ClF4N6O/c1-12(2)23-25(14(4)7-8-35-23)39-27-15(26(37-28(39)40)38-9-5-6-13(3)11-38)10-16(30)24(36-27)17-19(31)21(33)20(32)18(29)22(17)34/h7-8,10,12-13H,5-6,9,11,34H2,1-4H3/t13-/m0/s1. The lowest BCUT2D eigenvalue weighted by atomic mass is 10.00. The maximum Gasteiger partial charge on any atom is 0.355 e. The van der Waals surface area contributed by atoms with Crippen LogP contribution in [0, 0.1) is 36.1 Å². The van der Waals surface area contributed by atoms with Crippen molar-refractivity contribution >= 4 is 34.1 Å². The van der Waals surface area contributed by atoms with Gasteiger partial charge in [0, 0.05) is 19.3 Å². The number of piperidine rings is 1. The van der Waals surface area contributed by atoms with Crippen molar-refractivity contribution in [2.75, 3.05) is 23.7 Å². The molecule has 1 aromatic carbocycles. The van der Waals surface area contributed by atoms with Crippen molar-refractivity contribution in [3.8, 4) is 16.9 Å². The highest BCUT2D eigenvalue weighted by Gasteiger charge is 2.30. The number of pyridine rings is 2. The summed E-state index contributed by atoms with van der Waals surface area (Å²) in [5.74, 6) is -6.05. The minimum atomic E-state index is -1.92. The SMILES string of the molecule is Cc1ccnc(C(C)C)c1-n1c(=O)nc(N2CCC[C@H](C)C2)c2cc(F)c(-c3c(N)c(Cl)c(F)c(F)c3F)nc21. The molecule has 0 aliphatic carbocycles. The molecule has 7 nitrogen and oxygen atoms in total. The first-order chi connectivity index (χ1) is 18.9. The highest BCUT2D eigenvalue weighted by molar-refractivity contribution is 6.34. The van der Waals surface area contributed by atoms with E-state index in [9.17, 15) is 13.6 Å². The summed E-state index contributed by atoms with van der Waals surface area (Å²) >= 11 is 5.81. The fraction of sp³-hybridized carbons (Fsp3) is 0.357. The summed E-state index contributed by atoms with van der Waals surface area (Å²) in [5, 5.41) is -0.726. The molecule has 1 aliphatic rings. The summed E-state index contributed by atoms with van der Waals surface area (Å²) in [4.78, 5) is 28.8. The number of benzene rings is 1. The second-order valence-electron chi connectivity index (χ2n) is 10.5. The molecular weight excluding hydrogens is 548 g/mol. The molecule has 5 rings (SSSR count). The Labute approximate surface area is 232 Å². The molecule has 1 atom stereocenters. The van der Waals surface area contributed by atoms with Gasteiger partial charge >= 0.3 is 5.69 Å². The number of hydrogen-bond acceptors (Lipinski definition) is 6. The Hall–Kier alpha value is -3.73. The molecule has 4 heterocycles. The molecule has 1 fully saturated rings. The van der Waals surface area contributed by atoms with Crippen molar-refractivity contribution in [2.45, 2.75) is 46.5 Å². The van der Waals surface area contributed by atoms with E-state index < -0.39 is 50.9 Å². The summed E-state index contributed by atoms with van der Waals surface area (Å²) in [5.41, 5.74) is 4.37. The van der Waals surface area contributed by atoms with Gasteiger partial charge in [-0.1, -0.05) is 32.4 Å². The molecule has 0 saturated carbocycles. The second kappa shape index (κ2) is 10.3. The molecule has 0 bridgehead atoms. The Kier molecular flexibility index (Phi) is 7.20. The van der Waals surface area contributed by atoms with Crippen LogP contribution in [0.1, 0.15) is 50.8 Å². The number of aromatic nitrogens is 4. The summed E-state index contributed by atoms with van der Waals surface area (Å²) in [7, 11) is 0. The summed E-state index contributed by atoms with van der Waals surface area (Å²) in [6, 6.07) is 2.76. The maximum atomic E-state index is 15.8. The predicted molar refractivity (Wildman–Crippen MR) is 147 cm³/mol. The Morgan fingerprint density at radius 3 is 2.52 bits per heavy atom. The summed E-state index contributed by atoms with van der Waals surface area (Å²) < 4.78 is 60.5. The molecule has 0 amide bonds. The first-order valence-electron chi connectivity index (χ1n) is 12.9. The van der Waals surface area contributed by atoms with Gasteiger partial charge < -0.3 is 10.6 Å². The topological polar surface area (TPSA) is 89.9 Å². The molecule has 1 saturated heterocycles. The van der Waals surface area contributed by atoms with Crippen LogP contribution in [0.25, 0.3) is 28.0 Å². The van der Waals surface area contributed by atoms with Crippen LogP contribution in [0.3, 0.4) is 0 Å². The summed E-state index contributed by atoms with van der Waals surface area (Å²) in [6.07, 6.45) is 3.44. The Morgan fingerprint density at radius 2 is 1.85 bits per heavy atom. The first-order valence-corrected chi connectivity index (χ1v) is 13.3. The highest BCUT2D eigenvalue weighted by atomic mass is 35.5. The van der Waals surface area contributed by atoms with Gasteiger partial charge in [0.1, 0.15) is 16.5 Å². The normalized spacial score (nSPS) is 15.8. The van der Waals surface area contributed by atoms with Gasteiger partial charge in [0.25, 0.3) is 0 Å². The van der Waals surface area contributed by atoms with E-state index in [2.05, 4.69) is 21.9 Å². The zero-order valence-electron chi connectivity index (χ0n) is 22.3. The van der Waals surface area contributed by atoms with Crippen LogP contribution < -0.4 is 16.3 Å². The van der Waals surface area contributed by atoms with Crippen LogP contribution in [0.5, 0.6) is 0 Å². The smallest absolute Gasteiger partial charge is 0.355 e. The molecule has 4 aromatic rings. The van der Waals surface area contributed by atoms with E-state index in [1.54, 1.807) is 19.2 Å². The number of fused-ring (bicyclic) bond motifs is 1. The van der Waals surface area contributed by atoms with Crippen LogP contribution in [0.15, 0.2) is 23.1 Å². The average molecular weight is 575 g/mol. The summed E-state index contributed by atoms with van der Waals surface area (Å²) in [6.45, 7) is 8.80. The number of aryl methyl sites for hydroxylation is 1. The van der Waals surface area contributed by atoms with Crippen LogP contribution in [-0.2, 0) is 0 Å². The Morgan fingerprint density at radius 1 is 1.12 bits per heavy atom. The minimum absolute atomic E-state index is 0.0673. The van der Waals surface area contributed by atoms with E-state index in [0.29, 0.717) is 36.0 Å². The van der Waals surface area contributed by atoms with Gasteiger partial charge in [0.2, 0.25) is 0 Å². The number of anilines is 2. The number of nitrogen functional groups attached to an aromatic ring is 1. The van der Waals surface area contributed by atoms with Gasteiger partial charge in [-0.15, -0.1) is 0 Å². The number of nitrogens with two attached hydrogens (primary N) is 1.